The summed E-state index contributed by atoms with van der Waals surface area (Å²) in [6.45, 7) is 4.79. The van der Waals surface area contributed by atoms with Crippen LogP contribution in [0, 0.1) is 30.5 Å². The quantitative estimate of drug-likeness (QED) is 0.782. The van der Waals surface area contributed by atoms with Gasteiger partial charge in [0.15, 0.2) is 0 Å². The summed E-state index contributed by atoms with van der Waals surface area (Å²) < 4.78 is 25.3. The predicted octanol–water partition coefficient (Wildman–Crippen LogP) is 3.93. The SMILES string of the molecule is Cc1nnc(-c2ccc(OCCC3CC3C3CCN(C)CC3)cc2F)o1. The molecule has 0 radical (unpaired) electrons. The molecule has 2 unspecified atom stereocenters. The van der Waals surface area contributed by atoms with Gasteiger partial charge in [-0.1, -0.05) is 0 Å². The number of hydrogen-bond donors (Lipinski definition) is 0. The minimum Gasteiger partial charge on any atom is -0.493 e. The molecular formula is C20H26FN3O2. The van der Waals surface area contributed by atoms with E-state index in [4.69, 9.17) is 9.15 Å². The molecule has 2 fully saturated rings. The molecule has 2 heterocycles. The Morgan fingerprint density at radius 1 is 1.27 bits per heavy atom. The van der Waals surface area contributed by atoms with Crippen molar-refractivity contribution in [1.29, 1.82) is 0 Å². The van der Waals surface area contributed by atoms with Crippen LogP contribution in [0.2, 0.25) is 0 Å². The smallest absolute Gasteiger partial charge is 0.250 e. The van der Waals surface area contributed by atoms with E-state index in [2.05, 4.69) is 22.1 Å². The summed E-state index contributed by atoms with van der Waals surface area (Å²) in [5.41, 5.74) is 0.308. The van der Waals surface area contributed by atoms with Gasteiger partial charge in [-0.15, -0.1) is 10.2 Å². The predicted molar refractivity (Wildman–Crippen MR) is 96.4 cm³/mol. The van der Waals surface area contributed by atoms with Crippen LogP contribution in [0.3, 0.4) is 0 Å². The molecule has 1 aliphatic carbocycles. The second-order valence-electron chi connectivity index (χ2n) is 7.71. The zero-order chi connectivity index (χ0) is 18.1. The molecule has 6 heteroatoms. The number of piperidine rings is 1. The molecule has 1 aromatic carbocycles. The third kappa shape index (κ3) is 3.90. The van der Waals surface area contributed by atoms with Crippen molar-refractivity contribution in [3.8, 4) is 17.2 Å². The molecule has 0 spiro atoms. The van der Waals surface area contributed by atoms with Crippen LogP contribution in [0.4, 0.5) is 4.39 Å². The number of likely N-dealkylation sites (tertiary alicyclic amines) is 1. The van der Waals surface area contributed by atoms with Crippen molar-refractivity contribution < 1.29 is 13.5 Å². The third-order valence-corrected chi connectivity index (χ3v) is 5.80. The lowest BCUT2D eigenvalue weighted by molar-refractivity contribution is 0.196. The maximum atomic E-state index is 14.3. The van der Waals surface area contributed by atoms with Gasteiger partial charge in [-0.3, -0.25) is 0 Å². The first-order chi connectivity index (χ1) is 12.6. The molecule has 1 saturated heterocycles. The summed E-state index contributed by atoms with van der Waals surface area (Å²) in [5, 5.41) is 7.59. The van der Waals surface area contributed by atoms with Crippen molar-refractivity contribution >= 4 is 0 Å². The molecule has 5 nitrogen and oxygen atoms in total. The lowest BCUT2D eigenvalue weighted by Crippen LogP contribution is -2.31. The Bertz CT molecular complexity index is 755. The number of benzene rings is 1. The normalized spacial score (nSPS) is 24.0. The van der Waals surface area contributed by atoms with Crippen molar-refractivity contribution in [2.45, 2.75) is 32.6 Å². The summed E-state index contributed by atoms with van der Waals surface area (Å²) in [6.07, 6.45) is 5.06. The highest BCUT2D eigenvalue weighted by Gasteiger charge is 2.42. The van der Waals surface area contributed by atoms with Crippen LogP contribution < -0.4 is 4.74 Å². The zero-order valence-corrected chi connectivity index (χ0v) is 15.4. The monoisotopic (exact) mass is 359 g/mol. The highest BCUT2D eigenvalue weighted by Crippen LogP contribution is 2.49. The fraction of sp³-hybridized carbons (Fsp3) is 0.600. The molecular weight excluding hydrogens is 333 g/mol. The molecule has 26 heavy (non-hydrogen) atoms. The molecule has 2 aromatic rings. The van der Waals surface area contributed by atoms with Gasteiger partial charge in [-0.25, -0.2) is 4.39 Å². The minimum atomic E-state index is -0.401. The molecule has 140 valence electrons. The van der Waals surface area contributed by atoms with Crippen LogP contribution in [-0.2, 0) is 0 Å². The first kappa shape index (κ1) is 17.5. The van der Waals surface area contributed by atoms with Crippen LogP contribution >= 0.6 is 0 Å². The molecule has 0 N–H and O–H groups in total. The van der Waals surface area contributed by atoms with E-state index in [9.17, 15) is 4.39 Å². The fourth-order valence-corrected chi connectivity index (χ4v) is 4.13. The number of nitrogens with zero attached hydrogens (tertiary/aromatic N) is 3. The Kier molecular flexibility index (Phi) is 4.94. The van der Waals surface area contributed by atoms with Crippen molar-refractivity contribution in [2.75, 3.05) is 26.7 Å². The van der Waals surface area contributed by atoms with Gasteiger partial charge in [0.25, 0.3) is 5.89 Å². The first-order valence-electron chi connectivity index (χ1n) is 9.51. The summed E-state index contributed by atoms with van der Waals surface area (Å²) in [5.74, 6) is 3.33. The van der Waals surface area contributed by atoms with Gasteiger partial charge in [-0.2, -0.15) is 0 Å². The highest BCUT2D eigenvalue weighted by molar-refractivity contribution is 5.55. The average molecular weight is 359 g/mol. The Morgan fingerprint density at radius 2 is 2.08 bits per heavy atom. The zero-order valence-electron chi connectivity index (χ0n) is 15.4. The van der Waals surface area contributed by atoms with Gasteiger partial charge < -0.3 is 14.1 Å². The standard InChI is InChI=1S/C20H26FN3O2/c1-13-22-23-20(26-13)17-4-3-16(12-19(17)21)25-10-7-15-11-18(15)14-5-8-24(2)9-6-14/h3-4,12,14-15,18H,5-11H2,1-2H3. The lowest BCUT2D eigenvalue weighted by atomic mass is 9.91. The van der Waals surface area contributed by atoms with E-state index in [0.717, 1.165) is 24.2 Å². The lowest BCUT2D eigenvalue weighted by Gasteiger charge is -2.29. The van der Waals surface area contributed by atoms with E-state index < -0.39 is 5.82 Å². The van der Waals surface area contributed by atoms with Crippen molar-refractivity contribution in [2.24, 2.45) is 17.8 Å². The van der Waals surface area contributed by atoms with E-state index >= 15 is 0 Å². The van der Waals surface area contributed by atoms with Crippen LogP contribution in [0.25, 0.3) is 11.5 Å². The number of aryl methyl sites for hydroxylation is 1. The van der Waals surface area contributed by atoms with Gasteiger partial charge in [0.1, 0.15) is 11.6 Å². The van der Waals surface area contributed by atoms with Crippen LogP contribution in [-0.4, -0.2) is 41.8 Å². The van der Waals surface area contributed by atoms with Crippen molar-refractivity contribution in [3.05, 3.63) is 29.9 Å². The number of ether oxygens (including phenoxy) is 1. The van der Waals surface area contributed by atoms with Crippen LogP contribution in [0.1, 0.15) is 31.6 Å². The summed E-state index contributed by atoms with van der Waals surface area (Å²) >= 11 is 0. The van der Waals surface area contributed by atoms with Gasteiger partial charge in [0, 0.05) is 13.0 Å². The van der Waals surface area contributed by atoms with E-state index in [-0.39, 0.29) is 5.89 Å². The van der Waals surface area contributed by atoms with E-state index in [1.165, 1.54) is 38.4 Å². The summed E-state index contributed by atoms with van der Waals surface area (Å²) in [7, 11) is 2.21. The molecule has 4 rings (SSSR count). The molecule has 1 aromatic heterocycles. The molecule has 0 bridgehead atoms. The number of hydrogen-bond acceptors (Lipinski definition) is 5. The topological polar surface area (TPSA) is 51.4 Å². The van der Waals surface area contributed by atoms with Crippen molar-refractivity contribution in [1.82, 2.24) is 15.1 Å². The van der Waals surface area contributed by atoms with Crippen LogP contribution in [0.5, 0.6) is 5.75 Å². The van der Waals surface area contributed by atoms with E-state index in [1.807, 2.05) is 0 Å². The highest BCUT2D eigenvalue weighted by atomic mass is 19.1. The number of rotatable bonds is 6. The van der Waals surface area contributed by atoms with Crippen molar-refractivity contribution in [3.63, 3.8) is 0 Å². The minimum absolute atomic E-state index is 0.200. The molecule has 1 aliphatic heterocycles. The number of halogens is 1. The molecule has 0 amide bonds. The van der Waals surface area contributed by atoms with Gasteiger partial charge in [-0.05, 0) is 75.7 Å². The van der Waals surface area contributed by atoms with E-state index in [0.29, 0.717) is 23.8 Å². The Hall–Kier alpha value is -1.95. The second kappa shape index (κ2) is 7.35. The Morgan fingerprint density at radius 3 is 2.77 bits per heavy atom. The molecule has 2 atom stereocenters. The molecule has 2 aliphatic rings. The summed E-state index contributed by atoms with van der Waals surface area (Å²) in [6, 6.07) is 4.80. The first-order valence-corrected chi connectivity index (χ1v) is 9.51. The Labute approximate surface area is 153 Å². The van der Waals surface area contributed by atoms with Crippen LogP contribution in [0.15, 0.2) is 22.6 Å². The van der Waals surface area contributed by atoms with Gasteiger partial charge in [0.2, 0.25) is 5.89 Å². The Balaban J connectivity index is 1.25. The second-order valence-corrected chi connectivity index (χ2v) is 7.71. The van der Waals surface area contributed by atoms with E-state index in [1.54, 1.807) is 19.1 Å². The van der Waals surface area contributed by atoms with Gasteiger partial charge >= 0.3 is 0 Å². The molecule has 1 saturated carbocycles. The van der Waals surface area contributed by atoms with Gasteiger partial charge in [0.05, 0.1) is 12.2 Å². The third-order valence-electron chi connectivity index (χ3n) is 5.80. The maximum absolute atomic E-state index is 14.3. The fourth-order valence-electron chi connectivity index (χ4n) is 4.13. The summed E-state index contributed by atoms with van der Waals surface area (Å²) in [4.78, 5) is 2.42. The number of aromatic nitrogens is 2. The maximum Gasteiger partial charge on any atom is 0.250 e. The average Bonchev–Trinajstić information content (AvgIpc) is 3.27. The largest absolute Gasteiger partial charge is 0.493 e.